The van der Waals surface area contributed by atoms with Gasteiger partial charge in [-0.3, -0.25) is 4.79 Å². The highest BCUT2D eigenvalue weighted by Gasteiger charge is 2.32. The lowest BCUT2D eigenvalue weighted by molar-refractivity contribution is 0.0633. The highest BCUT2D eigenvalue weighted by Crippen LogP contribution is 2.29. The molecule has 4 rings (SSSR count). The highest BCUT2D eigenvalue weighted by molar-refractivity contribution is 5.95. The first-order valence-electron chi connectivity index (χ1n) is 9.12. The van der Waals surface area contributed by atoms with Gasteiger partial charge in [-0.2, -0.15) is 0 Å². The standard InChI is InChI=1S/C19H25N3O3/c1-13-18-20-11-16(5-9-24-12-15-3-4-15)22(18)8-7-21(13)19(23)17-6-10-25-14(17)2/h6,10-11,13,15H,3-5,7-9,12H2,1-2H3. The topological polar surface area (TPSA) is 60.5 Å². The summed E-state index contributed by atoms with van der Waals surface area (Å²) in [6.07, 6.45) is 7.02. The molecule has 0 spiro atoms. The molecule has 2 aromatic heterocycles. The van der Waals surface area contributed by atoms with E-state index < -0.39 is 0 Å². The smallest absolute Gasteiger partial charge is 0.258 e. The molecule has 1 saturated carbocycles. The summed E-state index contributed by atoms with van der Waals surface area (Å²) in [5, 5.41) is 0. The Balaban J connectivity index is 1.43. The van der Waals surface area contributed by atoms with Crippen LogP contribution in [0.15, 0.2) is 22.9 Å². The summed E-state index contributed by atoms with van der Waals surface area (Å²) in [6, 6.07) is 1.70. The summed E-state index contributed by atoms with van der Waals surface area (Å²) in [6.45, 7) is 6.96. The maximum absolute atomic E-state index is 12.8. The number of aromatic nitrogens is 2. The second-order valence-electron chi connectivity index (χ2n) is 7.09. The number of imidazole rings is 1. The summed E-state index contributed by atoms with van der Waals surface area (Å²) in [5.74, 6) is 2.44. The number of carbonyl (C=O) groups is 1. The van der Waals surface area contributed by atoms with Gasteiger partial charge in [-0.15, -0.1) is 0 Å². The highest BCUT2D eigenvalue weighted by atomic mass is 16.5. The van der Waals surface area contributed by atoms with Gasteiger partial charge in [0.15, 0.2) is 0 Å². The van der Waals surface area contributed by atoms with Crippen molar-refractivity contribution in [2.75, 3.05) is 19.8 Å². The minimum absolute atomic E-state index is 0.0160. The molecule has 134 valence electrons. The predicted molar refractivity (Wildman–Crippen MR) is 92.4 cm³/mol. The van der Waals surface area contributed by atoms with E-state index in [2.05, 4.69) is 9.55 Å². The molecule has 25 heavy (non-hydrogen) atoms. The van der Waals surface area contributed by atoms with Crippen LogP contribution < -0.4 is 0 Å². The molecule has 2 aromatic rings. The molecule has 6 nitrogen and oxygen atoms in total. The molecule has 3 heterocycles. The van der Waals surface area contributed by atoms with Crippen molar-refractivity contribution in [2.45, 2.75) is 45.7 Å². The van der Waals surface area contributed by atoms with Crippen LogP contribution in [0.5, 0.6) is 0 Å². The van der Waals surface area contributed by atoms with Gasteiger partial charge < -0.3 is 18.6 Å². The number of carbonyl (C=O) groups excluding carboxylic acids is 1. The second kappa shape index (κ2) is 6.67. The second-order valence-corrected chi connectivity index (χ2v) is 7.09. The summed E-state index contributed by atoms with van der Waals surface area (Å²) in [5.41, 5.74) is 1.84. The van der Waals surface area contributed by atoms with E-state index in [1.807, 2.05) is 24.9 Å². The molecular weight excluding hydrogens is 318 g/mol. The van der Waals surface area contributed by atoms with Gasteiger partial charge in [0.05, 0.1) is 24.5 Å². The molecule has 0 saturated heterocycles. The largest absolute Gasteiger partial charge is 0.469 e. The van der Waals surface area contributed by atoms with Gasteiger partial charge in [-0.05, 0) is 38.7 Å². The van der Waals surface area contributed by atoms with Crippen LogP contribution in [0.1, 0.15) is 53.4 Å². The van der Waals surface area contributed by atoms with Gasteiger partial charge in [0.25, 0.3) is 5.91 Å². The van der Waals surface area contributed by atoms with Crippen LogP contribution in [0.2, 0.25) is 0 Å². The van der Waals surface area contributed by atoms with Crippen molar-refractivity contribution in [3.05, 3.63) is 41.4 Å². The van der Waals surface area contributed by atoms with E-state index in [0.29, 0.717) is 17.9 Å². The number of hydrogen-bond acceptors (Lipinski definition) is 4. The lowest BCUT2D eigenvalue weighted by Crippen LogP contribution is -2.41. The van der Waals surface area contributed by atoms with Gasteiger partial charge in [-0.1, -0.05) is 0 Å². The minimum atomic E-state index is -0.0447. The Bertz CT molecular complexity index is 760. The van der Waals surface area contributed by atoms with Gasteiger partial charge in [0.1, 0.15) is 11.6 Å². The summed E-state index contributed by atoms with van der Waals surface area (Å²) < 4.78 is 13.3. The molecular formula is C19H25N3O3. The van der Waals surface area contributed by atoms with Crippen molar-refractivity contribution in [3.8, 4) is 0 Å². The summed E-state index contributed by atoms with van der Waals surface area (Å²) >= 11 is 0. The van der Waals surface area contributed by atoms with E-state index in [0.717, 1.165) is 37.9 Å². The van der Waals surface area contributed by atoms with Gasteiger partial charge >= 0.3 is 0 Å². The Morgan fingerprint density at radius 2 is 2.24 bits per heavy atom. The van der Waals surface area contributed by atoms with Crippen LogP contribution in [-0.2, 0) is 17.7 Å². The molecule has 0 bridgehead atoms. The Hall–Kier alpha value is -2.08. The van der Waals surface area contributed by atoms with Crippen molar-refractivity contribution in [1.29, 1.82) is 0 Å². The first kappa shape index (κ1) is 16.4. The van der Waals surface area contributed by atoms with Crippen molar-refractivity contribution in [3.63, 3.8) is 0 Å². The number of hydrogen-bond donors (Lipinski definition) is 0. The first-order chi connectivity index (χ1) is 12.1. The van der Waals surface area contributed by atoms with Crippen molar-refractivity contribution < 1.29 is 13.9 Å². The van der Waals surface area contributed by atoms with Crippen molar-refractivity contribution >= 4 is 5.91 Å². The van der Waals surface area contributed by atoms with Crippen molar-refractivity contribution in [1.82, 2.24) is 14.5 Å². The molecule has 1 aliphatic heterocycles. The minimum Gasteiger partial charge on any atom is -0.469 e. The molecule has 1 aliphatic carbocycles. The Labute approximate surface area is 147 Å². The number of aryl methyl sites for hydroxylation is 1. The molecule has 2 aliphatic rings. The number of nitrogens with zero attached hydrogens (tertiary/aromatic N) is 3. The van der Waals surface area contributed by atoms with Crippen LogP contribution in [0.4, 0.5) is 0 Å². The van der Waals surface area contributed by atoms with Gasteiger partial charge in [0, 0.05) is 38.0 Å². The summed E-state index contributed by atoms with van der Waals surface area (Å²) in [4.78, 5) is 19.3. The number of amides is 1. The average Bonchev–Trinajstić information content (AvgIpc) is 3.18. The lowest BCUT2D eigenvalue weighted by atomic mass is 10.1. The van der Waals surface area contributed by atoms with Crippen LogP contribution in [-0.4, -0.2) is 40.1 Å². The van der Waals surface area contributed by atoms with E-state index in [4.69, 9.17) is 9.15 Å². The zero-order valence-corrected chi connectivity index (χ0v) is 14.9. The van der Waals surface area contributed by atoms with Gasteiger partial charge in [0.2, 0.25) is 0 Å². The monoisotopic (exact) mass is 343 g/mol. The van der Waals surface area contributed by atoms with E-state index in [1.54, 1.807) is 12.3 Å². The third kappa shape index (κ3) is 3.23. The fourth-order valence-corrected chi connectivity index (χ4v) is 3.51. The zero-order valence-electron chi connectivity index (χ0n) is 14.9. The van der Waals surface area contributed by atoms with Gasteiger partial charge in [-0.25, -0.2) is 4.98 Å². The first-order valence-corrected chi connectivity index (χ1v) is 9.12. The van der Waals surface area contributed by atoms with E-state index in [-0.39, 0.29) is 11.9 Å². The van der Waals surface area contributed by atoms with Crippen LogP contribution in [0, 0.1) is 12.8 Å². The maximum atomic E-state index is 12.8. The normalized spacial score (nSPS) is 19.9. The Morgan fingerprint density at radius 3 is 2.96 bits per heavy atom. The van der Waals surface area contributed by atoms with E-state index in [1.165, 1.54) is 18.5 Å². The van der Waals surface area contributed by atoms with Crippen molar-refractivity contribution in [2.24, 2.45) is 5.92 Å². The SMILES string of the molecule is Cc1occc1C(=O)N1CCn2c(CCOCC3CC3)cnc2C1C. The third-order valence-corrected chi connectivity index (χ3v) is 5.28. The predicted octanol–water partition coefficient (Wildman–Crippen LogP) is 2.97. The van der Waals surface area contributed by atoms with E-state index >= 15 is 0 Å². The van der Waals surface area contributed by atoms with Crippen LogP contribution >= 0.6 is 0 Å². The molecule has 0 aromatic carbocycles. The Morgan fingerprint density at radius 1 is 1.40 bits per heavy atom. The number of ether oxygens (including phenoxy) is 1. The third-order valence-electron chi connectivity index (χ3n) is 5.28. The fraction of sp³-hybridized carbons (Fsp3) is 0.579. The zero-order chi connectivity index (χ0) is 17.4. The van der Waals surface area contributed by atoms with Crippen LogP contribution in [0.25, 0.3) is 0 Å². The molecule has 0 N–H and O–H groups in total. The fourth-order valence-electron chi connectivity index (χ4n) is 3.51. The quantitative estimate of drug-likeness (QED) is 0.757. The molecule has 1 fully saturated rings. The molecule has 1 unspecified atom stereocenters. The molecule has 0 radical (unpaired) electrons. The molecule has 6 heteroatoms. The number of fused-ring (bicyclic) bond motifs is 1. The Kier molecular flexibility index (Phi) is 4.37. The van der Waals surface area contributed by atoms with Crippen LogP contribution in [0.3, 0.4) is 0 Å². The number of furan rings is 1. The summed E-state index contributed by atoms with van der Waals surface area (Å²) in [7, 11) is 0. The number of rotatable bonds is 6. The molecule has 1 atom stereocenters. The van der Waals surface area contributed by atoms with E-state index in [9.17, 15) is 4.79 Å². The maximum Gasteiger partial charge on any atom is 0.258 e. The lowest BCUT2D eigenvalue weighted by Gasteiger charge is -2.34. The molecule has 1 amide bonds. The average molecular weight is 343 g/mol.